The van der Waals surface area contributed by atoms with E-state index in [0.29, 0.717) is 38.4 Å². The number of carbonyl (C=O) groups is 1. The zero-order valence-electron chi connectivity index (χ0n) is 13.9. The molecule has 2 heterocycles. The van der Waals surface area contributed by atoms with Crippen LogP contribution in [0.3, 0.4) is 0 Å². The van der Waals surface area contributed by atoms with Crippen molar-refractivity contribution in [3.05, 3.63) is 30.0 Å². The van der Waals surface area contributed by atoms with Gasteiger partial charge in [0.25, 0.3) is 5.91 Å². The number of nitrogens with zero attached hydrogens (tertiary/aromatic N) is 3. The molecule has 24 heavy (non-hydrogen) atoms. The number of hydrogen-bond acceptors (Lipinski definition) is 5. The second-order valence-electron chi connectivity index (χ2n) is 6.04. The Morgan fingerprint density at radius 1 is 1.38 bits per heavy atom. The number of piperazine rings is 1. The number of H-pyrrole nitrogens is 1. The first-order valence-corrected chi connectivity index (χ1v) is 8.38. The minimum Gasteiger partial charge on any atom is -0.389 e. The monoisotopic (exact) mass is 332 g/mol. The number of aromatic amines is 1. The van der Waals surface area contributed by atoms with Crippen LogP contribution < -0.4 is 0 Å². The molecular formula is C17H24N4O3. The molecule has 1 atom stereocenters. The highest BCUT2D eigenvalue weighted by atomic mass is 16.5. The van der Waals surface area contributed by atoms with Gasteiger partial charge in [0.15, 0.2) is 0 Å². The van der Waals surface area contributed by atoms with Crippen LogP contribution in [-0.2, 0) is 4.74 Å². The van der Waals surface area contributed by atoms with Crippen LogP contribution in [0.25, 0.3) is 10.9 Å². The average molecular weight is 332 g/mol. The van der Waals surface area contributed by atoms with E-state index in [-0.39, 0.29) is 5.91 Å². The molecule has 1 saturated heterocycles. The fraction of sp³-hybridized carbons (Fsp3) is 0.529. The lowest BCUT2D eigenvalue weighted by Gasteiger charge is -2.35. The SMILES string of the molecule is CCOC[C@@H](O)CN1CCN(C(=O)c2cccc3[nH]ncc23)CC1. The Bertz CT molecular complexity index is 679. The fourth-order valence-corrected chi connectivity index (χ4v) is 3.06. The van der Waals surface area contributed by atoms with Crippen LogP contribution >= 0.6 is 0 Å². The fourth-order valence-electron chi connectivity index (χ4n) is 3.06. The molecule has 0 aliphatic carbocycles. The molecule has 0 bridgehead atoms. The van der Waals surface area contributed by atoms with E-state index in [1.807, 2.05) is 30.0 Å². The number of hydrogen-bond donors (Lipinski definition) is 2. The first-order chi connectivity index (χ1) is 11.7. The smallest absolute Gasteiger partial charge is 0.254 e. The summed E-state index contributed by atoms with van der Waals surface area (Å²) in [6.07, 6.45) is 1.22. The number of rotatable bonds is 6. The van der Waals surface area contributed by atoms with Crippen molar-refractivity contribution >= 4 is 16.8 Å². The van der Waals surface area contributed by atoms with E-state index in [0.717, 1.165) is 24.0 Å². The van der Waals surface area contributed by atoms with Crippen LogP contribution in [0, 0.1) is 0 Å². The molecule has 0 saturated carbocycles. The Kier molecular flexibility index (Phi) is 5.44. The van der Waals surface area contributed by atoms with Gasteiger partial charge in [0.05, 0.1) is 30.0 Å². The molecule has 1 aliphatic heterocycles. The maximum Gasteiger partial charge on any atom is 0.254 e. The molecule has 1 aromatic carbocycles. The maximum atomic E-state index is 12.8. The van der Waals surface area contributed by atoms with E-state index in [2.05, 4.69) is 15.1 Å². The minimum absolute atomic E-state index is 0.0384. The summed E-state index contributed by atoms with van der Waals surface area (Å²) in [7, 11) is 0. The second-order valence-corrected chi connectivity index (χ2v) is 6.04. The molecule has 3 rings (SSSR count). The number of amides is 1. The van der Waals surface area contributed by atoms with Crippen LogP contribution in [0.2, 0.25) is 0 Å². The maximum absolute atomic E-state index is 12.8. The predicted octanol–water partition coefficient (Wildman–Crippen LogP) is 0.718. The Morgan fingerprint density at radius 2 is 2.17 bits per heavy atom. The Hall–Kier alpha value is -1.96. The molecule has 0 radical (unpaired) electrons. The van der Waals surface area contributed by atoms with Gasteiger partial charge in [-0.05, 0) is 19.1 Å². The van der Waals surface area contributed by atoms with Gasteiger partial charge in [0.2, 0.25) is 0 Å². The van der Waals surface area contributed by atoms with Gasteiger partial charge in [0.1, 0.15) is 0 Å². The molecule has 1 aliphatic rings. The van der Waals surface area contributed by atoms with Gasteiger partial charge in [-0.1, -0.05) is 6.07 Å². The van der Waals surface area contributed by atoms with Gasteiger partial charge in [-0.25, -0.2) is 0 Å². The minimum atomic E-state index is -0.480. The molecular weight excluding hydrogens is 308 g/mol. The predicted molar refractivity (Wildman–Crippen MR) is 90.9 cm³/mol. The van der Waals surface area contributed by atoms with Gasteiger partial charge < -0.3 is 14.7 Å². The summed E-state index contributed by atoms with van der Waals surface area (Å²) in [6, 6.07) is 5.63. The number of aliphatic hydroxyl groups is 1. The third-order valence-corrected chi connectivity index (χ3v) is 4.36. The van der Waals surface area contributed by atoms with Crippen LogP contribution in [0.15, 0.2) is 24.4 Å². The topological polar surface area (TPSA) is 81.7 Å². The van der Waals surface area contributed by atoms with E-state index < -0.39 is 6.10 Å². The standard InChI is InChI=1S/C17H24N4O3/c1-2-24-12-13(22)11-20-6-8-21(9-7-20)17(23)14-4-3-5-16-15(14)10-18-19-16/h3-5,10,13,22H,2,6-9,11-12H2,1H3,(H,18,19)/t13-/m0/s1. The van der Waals surface area contributed by atoms with Gasteiger partial charge in [-0.3, -0.25) is 14.8 Å². The molecule has 1 fully saturated rings. The number of aromatic nitrogens is 2. The van der Waals surface area contributed by atoms with Gasteiger partial charge in [0, 0.05) is 44.7 Å². The largest absolute Gasteiger partial charge is 0.389 e. The van der Waals surface area contributed by atoms with E-state index in [1.54, 1.807) is 6.20 Å². The summed E-state index contributed by atoms with van der Waals surface area (Å²) < 4.78 is 5.24. The number of carbonyl (C=O) groups excluding carboxylic acids is 1. The van der Waals surface area contributed by atoms with Crippen molar-refractivity contribution in [2.24, 2.45) is 0 Å². The molecule has 7 heteroatoms. The lowest BCUT2D eigenvalue weighted by Crippen LogP contribution is -2.50. The number of nitrogens with one attached hydrogen (secondary N) is 1. The molecule has 1 amide bonds. The highest BCUT2D eigenvalue weighted by Gasteiger charge is 2.24. The average Bonchev–Trinajstić information content (AvgIpc) is 3.08. The van der Waals surface area contributed by atoms with Crippen molar-refractivity contribution in [1.82, 2.24) is 20.0 Å². The quantitative estimate of drug-likeness (QED) is 0.814. The lowest BCUT2D eigenvalue weighted by atomic mass is 10.1. The van der Waals surface area contributed by atoms with Crippen LogP contribution in [-0.4, -0.2) is 83.1 Å². The summed E-state index contributed by atoms with van der Waals surface area (Å²) in [5, 5.41) is 17.7. The normalized spacial score (nSPS) is 17.3. The first kappa shape index (κ1) is 16.9. The number of fused-ring (bicyclic) bond motifs is 1. The Morgan fingerprint density at radius 3 is 2.92 bits per heavy atom. The zero-order valence-corrected chi connectivity index (χ0v) is 13.9. The summed E-state index contributed by atoms with van der Waals surface area (Å²) in [5.41, 5.74) is 1.56. The van der Waals surface area contributed by atoms with E-state index in [9.17, 15) is 9.90 Å². The van der Waals surface area contributed by atoms with Crippen molar-refractivity contribution in [3.63, 3.8) is 0 Å². The third-order valence-electron chi connectivity index (χ3n) is 4.36. The molecule has 130 valence electrons. The van der Waals surface area contributed by atoms with Gasteiger partial charge >= 0.3 is 0 Å². The Labute approximate surface area is 141 Å². The number of aliphatic hydroxyl groups excluding tert-OH is 1. The van der Waals surface area contributed by atoms with Crippen molar-refractivity contribution < 1.29 is 14.6 Å². The molecule has 2 N–H and O–H groups in total. The van der Waals surface area contributed by atoms with E-state index >= 15 is 0 Å². The van der Waals surface area contributed by atoms with Gasteiger partial charge in [-0.15, -0.1) is 0 Å². The van der Waals surface area contributed by atoms with E-state index in [1.165, 1.54) is 0 Å². The van der Waals surface area contributed by atoms with Crippen molar-refractivity contribution in [1.29, 1.82) is 0 Å². The summed E-state index contributed by atoms with van der Waals surface area (Å²) in [4.78, 5) is 16.8. The first-order valence-electron chi connectivity index (χ1n) is 8.38. The summed E-state index contributed by atoms with van der Waals surface area (Å²) in [6.45, 7) is 6.31. The number of β-amino-alcohol motifs (C(OH)–C–C–N with tert-alkyl or cyclic N) is 1. The third kappa shape index (κ3) is 3.75. The zero-order chi connectivity index (χ0) is 16.9. The summed E-state index contributed by atoms with van der Waals surface area (Å²) in [5.74, 6) is 0.0384. The Balaban J connectivity index is 1.56. The van der Waals surface area contributed by atoms with Crippen LogP contribution in [0.1, 0.15) is 17.3 Å². The highest BCUT2D eigenvalue weighted by molar-refractivity contribution is 6.06. The second kappa shape index (κ2) is 7.74. The molecule has 2 aromatic rings. The van der Waals surface area contributed by atoms with E-state index in [4.69, 9.17) is 4.74 Å². The number of benzene rings is 1. The highest BCUT2D eigenvalue weighted by Crippen LogP contribution is 2.18. The molecule has 7 nitrogen and oxygen atoms in total. The lowest BCUT2D eigenvalue weighted by molar-refractivity contribution is 0.0111. The van der Waals surface area contributed by atoms with Gasteiger partial charge in [-0.2, -0.15) is 5.10 Å². The van der Waals surface area contributed by atoms with Crippen molar-refractivity contribution in [2.45, 2.75) is 13.0 Å². The van der Waals surface area contributed by atoms with Crippen LogP contribution in [0.4, 0.5) is 0 Å². The molecule has 0 unspecified atom stereocenters. The van der Waals surface area contributed by atoms with Crippen LogP contribution in [0.5, 0.6) is 0 Å². The van der Waals surface area contributed by atoms with Crippen molar-refractivity contribution in [3.8, 4) is 0 Å². The molecule has 0 spiro atoms. The molecule has 1 aromatic heterocycles. The number of ether oxygens (including phenoxy) is 1. The summed E-state index contributed by atoms with van der Waals surface area (Å²) >= 11 is 0. The van der Waals surface area contributed by atoms with Crippen molar-refractivity contribution in [2.75, 3.05) is 45.9 Å².